The number of nitrogens with zero attached hydrogens (tertiary/aromatic N) is 4. The van der Waals surface area contributed by atoms with Gasteiger partial charge in [-0.25, -0.2) is 4.79 Å². The first kappa shape index (κ1) is 59.1. The van der Waals surface area contributed by atoms with Crippen molar-refractivity contribution in [3.05, 3.63) is 165 Å². The first-order valence-electron chi connectivity index (χ1n) is 24.7. The number of ether oxygens (including phenoxy) is 6. The minimum atomic E-state index is -4.83. The van der Waals surface area contributed by atoms with Gasteiger partial charge in [0.15, 0.2) is 0 Å². The number of hydrogen-bond acceptors (Lipinski definition) is 16. The Labute approximate surface area is 443 Å². The summed E-state index contributed by atoms with van der Waals surface area (Å²) in [6.07, 6.45) is -26.3. The van der Waals surface area contributed by atoms with Gasteiger partial charge in [0.05, 0.1) is 37.9 Å². The Balaban J connectivity index is 0.000000227. The third-order valence-corrected chi connectivity index (χ3v) is 13.0. The van der Waals surface area contributed by atoms with Gasteiger partial charge in [0, 0.05) is 12.8 Å². The summed E-state index contributed by atoms with van der Waals surface area (Å²) in [6, 6.07) is 31.1. The van der Waals surface area contributed by atoms with E-state index in [1.807, 2.05) is 38.1 Å². The molecule has 18 nitrogen and oxygen atoms in total. The predicted molar refractivity (Wildman–Crippen MR) is 263 cm³/mol. The topological polar surface area (TPSA) is 250 Å². The number of carbonyl (C=O) groups is 1. The first-order valence-corrected chi connectivity index (χ1v) is 24.7. The van der Waals surface area contributed by atoms with Gasteiger partial charge in [0.2, 0.25) is 24.3 Å². The van der Waals surface area contributed by atoms with Gasteiger partial charge in [-0.2, -0.15) is 26.3 Å². The molecular formula is C54H60F6N4O14. The molecule has 24 heteroatoms. The molecule has 4 aromatic carbocycles. The van der Waals surface area contributed by atoms with Crippen LogP contribution >= 0.6 is 0 Å². The summed E-state index contributed by atoms with van der Waals surface area (Å²) < 4.78 is 120. The zero-order valence-corrected chi connectivity index (χ0v) is 42.4. The van der Waals surface area contributed by atoms with Crippen molar-refractivity contribution in [1.82, 2.24) is 19.6 Å². The zero-order chi connectivity index (χ0) is 56.5. The van der Waals surface area contributed by atoms with Crippen LogP contribution < -0.4 is 9.47 Å². The van der Waals surface area contributed by atoms with Crippen LogP contribution in [0.3, 0.4) is 0 Å². The fourth-order valence-electron chi connectivity index (χ4n) is 8.78. The fraction of sp³-hybridized carbons (Fsp3) is 0.426. The summed E-state index contributed by atoms with van der Waals surface area (Å²) >= 11 is 0. The normalized spacial score (nSPS) is 23.5. The van der Waals surface area contributed by atoms with Gasteiger partial charge < -0.3 is 64.2 Å². The summed E-state index contributed by atoms with van der Waals surface area (Å²) in [5.41, 5.74) is 1.66. The van der Waals surface area contributed by atoms with Crippen molar-refractivity contribution in [3.63, 3.8) is 0 Å². The molecule has 2 aliphatic heterocycles. The number of aliphatic hydroxyl groups excluding tert-OH is 7. The zero-order valence-electron chi connectivity index (χ0n) is 42.4. The molecule has 8 rings (SSSR count). The summed E-state index contributed by atoms with van der Waals surface area (Å²) in [4.78, 5) is 11.4. The fourth-order valence-corrected chi connectivity index (χ4v) is 8.78. The molecule has 10 atom stereocenters. The second kappa shape index (κ2) is 25.9. The molecule has 0 aliphatic carbocycles. The Hall–Kier alpha value is -6.61. The molecule has 0 amide bonds. The number of aromatic nitrogens is 4. The van der Waals surface area contributed by atoms with Crippen molar-refractivity contribution in [2.75, 3.05) is 20.3 Å². The smallest absolute Gasteiger partial charge is 0.443 e. The number of rotatable bonds is 17. The highest BCUT2D eigenvalue weighted by atomic mass is 19.4. The van der Waals surface area contributed by atoms with Gasteiger partial charge in [-0.15, -0.1) is 10.2 Å². The van der Waals surface area contributed by atoms with Gasteiger partial charge in [0.25, 0.3) is 0 Å². The number of benzene rings is 4. The van der Waals surface area contributed by atoms with Crippen LogP contribution in [0.4, 0.5) is 31.1 Å². The van der Waals surface area contributed by atoms with Gasteiger partial charge in [0.1, 0.15) is 66.8 Å². The van der Waals surface area contributed by atoms with Gasteiger partial charge in [-0.05, 0) is 46.2 Å². The maximum absolute atomic E-state index is 14.6. The van der Waals surface area contributed by atoms with Crippen LogP contribution in [-0.2, 0) is 70.1 Å². The minimum Gasteiger partial charge on any atom is -0.443 e. The summed E-state index contributed by atoms with van der Waals surface area (Å²) in [6.45, 7) is 2.20. The number of carbonyl (C=O) groups excluding carboxylic acids is 1. The van der Waals surface area contributed by atoms with Crippen LogP contribution in [0.25, 0.3) is 0 Å². The van der Waals surface area contributed by atoms with E-state index in [9.17, 15) is 66.9 Å². The SMILES string of the molecule is CCc1ccc(Cc2c(O[C@@H]3O[C@H](CO)[C@@H](O)[C@H](O)[C@H]3O)nn(Cc3ccccc3)c2C(F)(F)F)cc1.CCc1ccc(Cc2c(O[C@@H]3O[C@H](COC(=O)OC)[C@@H](O)[C@H](O)[C@H]3O)nn(Cc3ccccc3)c2C(F)(F)F)cc1. The Bertz CT molecular complexity index is 2850. The minimum absolute atomic E-state index is 0.180. The van der Waals surface area contributed by atoms with Gasteiger partial charge in [-0.3, -0.25) is 9.36 Å². The van der Waals surface area contributed by atoms with Gasteiger partial charge >= 0.3 is 18.5 Å². The molecule has 0 unspecified atom stereocenters. The second-order valence-corrected chi connectivity index (χ2v) is 18.5. The number of aliphatic hydroxyl groups is 7. The molecule has 0 saturated carbocycles. The average molecular weight is 1100 g/mol. The van der Waals surface area contributed by atoms with E-state index in [-0.39, 0.29) is 37.1 Å². The van der Waals surface area contributed by atoms with E-state index in [1.165, 1.54) is 0 Å². The maximum atomic E-state index is 14.6. The van der Waals surface area contributed by atoms with Crippen molar-refractivity contribution in [3.8, 4) is 11.8 Å². The number of halogens is 6. The number of methoxy groups -OCH3 is 1. The molecule has 2 fully saturated rings. The molecule has 2 aliphatic rings. The monoisotopic (exact) mass is 1100 g/mol. The standard InChI is InChI=1S/C28H31F3N2O8.C26H29F3N2O6/c1-3-16-9-11-17(12-10-16)13-19-24(28(29,30)31)33(14-18-7-5-4-6-8-18)32-25(19)41-26-23(36)22(35)21(34)20(40-26)15-39-27(37)38-2;1-2-15-8-10-16(11-9-15)12-18-23(26(27,28)29)31(13-17-6-4-3-5-7-17)30-24(18)37-25-22(35)21(34)20(33)19(14-32)36-25/h4-12,20-23,26,34-36H,3,13-15H2,1-2H3;3-11,19-22,25,32-35H,2,12-14H2,1H3/t20-,21-,22+,23-,26+;19-,20-,21+,22-,25+/m11/s1. The molecule has 0 radical (unpaired) electrons. The molecule has 0 spiro atoms. The summed E-state index contributed by atoms with van der Waals surface area (Å²) in [5, 5.41) is 79.5. The molecule has 78 heavy (non-hydrogen) atoms. The number of alkyl halides is 6. The van der Waals surface area contributed by atoms with E-state index in [0.29, 0.717) is 22.3 Å². The van der Waals surface area contributed by atoms with Crippen LogP contribution in [0.2, 0.25) is 0 Å². The van der Waals surface area contributed by atoms with Crippen molar-refractivity contribution >= 4 is 6.16 Å². The van der Waals surface area contributed by atoms with Crippen LogP contribution in [0, 0.1) is 0 Å². The lowest BCUT2D eigenvalue weighted by molar-refractivity contribution is -0.278. The molecule has 2 aromatic heterocycles. The second-order valence-electron chi connectivity index (χ2n) is 18.5. The Morgan fingerprint density at radius 3 is 1.27 bits per heavy atom. The first-order chi connectivity index (χ1) is 37.1. The van der Waals surface area contributed by atoms with Crippen molar-refractivity contribution in [2.24, 2.45) is 0 Å². The van der Waals surface area contributed by atoms with Gasteiger partial charge in [-0.1, -0.05) is 123 Å². The molecular weight excluding hydrogens is 1040 g/mol. The summed E-state index contributed by atoms with van der Waals surface area (Å²) in [5.74, 6) is -0.916. The highest BCUT2D eigenvalue weighted by Gasteiger charge is 2.49. The van der Waals surface area contributed by atoms with Crippen LogP contribution in [0.15, 0.2) is 109 Å². The maximum Gasteiger partial charge on any atom is 0.508 e. The van der Waals surface area contributed by atoms with E-state index in [2.05, 4.69) is 14.9 Å². The van der Waals surface area contributed by atoms with Crippen LogP contribution in [0.1, 0.15) is 69.7 Å². The highest BCUT2D eigenvalue weighted by Crippen LogP contribution is 2.41. The molecule has 2 saturated heterocycles. The average Bonchev–Trinajstić information content (AvgIpc) is 4.13. The lowest BCUT2D eigenvalue weighted by atomic mass is 9.99. The van der Waals surface area contributed by atoms with E-state index in [0.717, 1.165) is 40.4 Å². The Morgan fingerprint density at radius 1 is 0.538 bits per heavy atom. The van der Waals surface area contributed by atoms with Crippen LogP contribution in [-0.4, -0.2) is 143 Å². The number of aryl methyl sites for hydroxylation is 2. The molecule has 4 heterocycles. The van der Waals surface area contributed by atoms with Crippen molar-refractivity contribution in [1.29, 1.82) is 0 Å². The Kier molecular flexibility index (Phi) is 19.6. The lowest BCUT2D eigenvalue weighted by Crippen LogP contribution is -2.60. The molecule has 422 valence electrons. The van der Waals surface area contributed by atoms with E-state index in [4.69, 9.17) is 23.7 Å². The number of hydrogen-bond donors (Lipinski definition) is 7. The lowest BCUT2D eigenvalue weighted by Gasteiger charge is -2.39. The summed E-state index contributed by atoms with van der Waals surface area (Å²) in [7, 11) is 1.06. The highest BCUT2D eigenvalue weighted by molar-refractivity contribution is 5.59. The predicted octanol–water partition coefficient (Wildman–Crippen LogP) is 5.35. The quantitative estimate of drug-likeness (QED) is 0.0449. The van der Waals surface area contributed by atoms with Crippen molar-refractivity contribution < 1.29 is 95.3 Å². The van der Waals surface area contributed by atoms with E-state index < -0.39 is 116 Å². The van der Waals surface area contributed by atoms with Crippen LogP contribution in [0.5, 0.6) is 11.8 Å². The third-order valence-electron chi connectivity index (χ3n) is 13.0. The third kappa shape index (κ3) is 14.3. The Morgan fingerprint density at radius 2 is 0.910 bits per heavy atom. The molecule has 6 aromatic rings. The van der Waals surface area contributed by atoms with Crippen molar-refractivity contribution in [2.45, 2.75) is 126 Å². The molecule has 7 N–H and O–H groups in total. The largest absolute Gasteiger partial charge is 0.508 e. The molecule has 0 bridgehead atoms. The van der Waals surface area contributed by atoms with E-state index in [1.54, 1.807) is 84.9 Å². The van der Waals surface area contributed by atoms with E-state index >= 15 is 0 Å².